The predicted octanol–water partition coefficient (Wildman–Crippen LogP) is 6.72. The molecule has 2 aliphatic rings. The Morgan fingerprint density at radius 3 is 2.22 bits per heavy atom. The molecule has 1 heterocycles. The van der Waals surface area contributed by atoms with Gasteiger partial charge in [0.05, 0.1) is 40.0 Å². The molecule has 8 heteroatoms. The third-order valence-electron chi connectivity index (χ3n) is 8.53. The molecule has 0 N–H and O–H groups in total. The van der Waals surface area contributed by atoms with Gasteiger partial charge in [0.15, 0.2) is 5.78 Å². The number of rotatable bonds is 8. The highest BCUT2D eigenvalue weighted by atomic mass is 35.5. The van der Waals surface area contributed by atoms with E-state index < -0.39 is 0 Å². The van der Waals surface area contributed by atoms with Crippen molar-refractivity contribution >= 4 is 40.7 Å². The largest absolute Gasteiger partial charge is 0.330 e. The molecule has 36 heavy (non-hydrogen) atoms. The molecule has 0 spiro atoms. The second kappa shape index (κ2) is 10.3. The second-order valence-corrected chi connectivity index (χ2v) is 12.1. The summed E-state index contributed by atoms with van der Waals surface area (Å²) in [5.41, 5.74) is 1.27. The molecule has 194 valence electrons. The number of ketones is 2. The fraction of sp³-hybridized carbons (Fsp3) is 0.571. The van der Waals surface area contributed by atoms with Crippen molar-refractivity contribution in [1.29, 1.82) is 0 Å². The van der Waals surface area contributed by atoms with E-state index in [0.29, 0.717) is 12.1 Å². The lowest BCUT2D eigenvalue weighted by Crippen LogP contribution is -2.45. The molecule has 2 aliphatic carbocycles. The molecular weight excluding hydrogens is 497 g/mol. The first-order chi connectivity index (χ1) is 16.9. The van der Waals surface area contributed by atoms with Crippen LogP contribution in [0.15, 0.2) is 24.4 Å². The number of hydrogen-bond donors (Lipinski definition) is 0. The number of carbonyl (C=O) groups excluding carboxylic acids is 3. The van der Waals surface area contributed by atoms with Crippen LogP contribution in [0, 0.1) is 17.8 Å². The van der Waals surface area contributed by atoms with Gasteiger partial charge in [-0.05, 0) is 69.9 Å². The average molecular weight is 533 g/mol. The fourth-order valence-corrected chi connectivity index (χ4v) is 6.23. The molecule has 2 aromatic rings. The summed E-state index contributed by atoms with van der Waals surface area (Å²) in [6.07, 6.45) is 8.11. The van der Waals surface area contributed by atoms with E-state index in [0.717, 1.165) is 50.6 Å². The van der Waals surface area contributed by atoms with Gasteiger partial charge in [-0.25, -0.2) is 0 Å². The van der Waals surface area contributed by atoms with Crippen molar-refractivity contribution in [2.24, 2.45) is 10.8 Å². The highest BCUT2D eigenvalue weighted by molar-refractivity contribution is 6.40. The first-order valence-corrected chi connectivity index (χ1v) is 13.5. The molecule has 1 aromatic carbocycles. The van der Waals surface area contributed by atoms with Crippen LogP contribution in [0.2, 0.25) is 10.0 Å². The number of amides is 1. The van der Waals surface area contributed by atoms with E-state index in [1.807, 2.05) is 18.5 Å². The summed E-state index contributed by atoms with van der Waals surface area (Å²) in [6.45, 7) is 8.18. The van der Waals surface area contributed by atoms with Gasteiger partial charge < -0.3 is 4.90 Å². The molecule has 0 saturated heterocycles. The van der Waals surface area contributed by atoms with Crippen molar-refractivity contribution in [2.45, 2.75) is 78.7 Å². The molecule has 0 aliphatic heterocycles. The van der Waals surface area contributed by atoms with E-state index in [-0.39, 0.29) is 56.5 Å². The minimum absolute atomic E-state index is 0.00929. The Hall–Kier alpha value is -2.18. The van der Waals surface area contributed by atoms with Crippen LogP contribution in [0.3, 0.4) is 0 Å². The minimum Gasteiger partial charge on any atom is -0.330 e. The molecule has 0 radical (unpaired) electrons. The quantitative estimate of drug-likeness (QED) is 0.354. The van der Waals surface area contributed by atoms with Crippen LogP contribution in [-0.2, 0) is 4.79 Å². The van der Waals surface area contributed by atoms with Gasteiger partial charge in [0.2, 0.25) is 0 Å². The summed E-state index contributed by atoms with van der Waals surface area (Å²) in [6, 6.07) is 5.12. The fourth-order valence-electron chi connectivity index (χ4n) is 5.62. The van der Waals surface area contributed by atoms with E-state index >= 15 is 0 Å². The van der Waals surface area contributed by atoms with Crippen LogP contribution in [0.25, 0.3) is 0 Å². The van der Waals surface area contributed by atoms with Crippen molar-refractivity contribution in [2.75, 3.05) is 13.1 Å². The van der Waals surface area contributed by atoms with Crippen LogP contribution in [0.4, 0.5) is 0 Å². The number of carbonyl (C=O) groups is 3. The topological polar surface area (TPSA) is 72.3 Å². The van der Waals surface area contributed by atoms with Crippen molar-refractivity contribution < 1.29 is 14.4 Å². The van der Waals surface area contributed by atoms with Gasteiger partial charge in [-0.15, -0.1) is 0 Å². The lowest BCUT2D eigenvalue weighted by Gasteiger charge is -2.42. The zero-order chi connectivity index (χ0) is 26.3. The molecule has 1 amide bonds. The lowest BCUT2D eigenvalue weighted by molar-refractivity contribution is -0.127. The zero-order valence-corrected chi connectivity index (χ0v) is 23.1. The third-order valence-corrected chi connectivity index (χ3v) is 9.16. The van der Waals surface area contributed by atoms with Crippen molar-refractivity contribution in [3.63, 3.8) is 0 Å². The third kappa shape index (κ3) is 5.26. The van der Waals surface area contributed by atoms with Crippen LogP contribution in [0.5, 0.6) is 0 Å². The monoisotopic (exact) mass is 531 g/mol. The lowest BCUT2D eigenvalue weighted by atomic mass is 9.70. The molecule has 6 nitrogen and oxygen atoms in total. The normalized spacial score (nSPS) is 23.1. The number of nitrogens with zero attached hydrogens (tertiary/aromatic N) is 3. The van der Waals surface area contributed by atoms with E-state index in [1.165, 1.54) is 0 Å². The van der Waals surface area contributed by atoms with E-state index in [2.05, 4.69) is 12.0 Å². The number of aromatic nitrogens is 2. The summed E-state index contributed by atoms with van der Waals surface area (Å²) in [7, 11) is 0. The van der Waals surface area contributed by atoms with Crippen molar-refractivity contribution in [3.8, 4) is 0 Å². The van der Waals surface area contributed by atoms with Gasteiger partial charge in [-0.1, -0.05) is 49.5 Å². The molecule has 0 bridgehead atoms. The Bertz CT molecular complexity index is 1160. The van der Waals surface area contributed by atoms with Crippen LogP contribution in [0.1, 0.15) is 98.2 Å². The number of benzene rings is 1. The summed E-state index contributed by atoms with van der Waals surface area (Å²) >= 11 is 12.6. The van der Waals surface area contributed by atoms with Crippen molar-refractivity contribution in [1.82, 2.24) is 14.7 Å². The first kappa shape index (κ1) is 26.9. The number of hydrogen-bond acceptors (Lipinski definition) is 4. The minimum atomic E-state index is -0.275. The molecule has 1 aromatic heterocycles. The second-order valence-electron chi connectivity index (χ2n) is 11.3. The van der Waals surface area contributed by atoms with E-state index in [4.69, 9.17) is 23.2 Å². The number of halogens is 2. The van der Waals surface area contributed by atoms with E-state index in [1.54, 1.807) is 36.2 Å². The maximum atomic E-state index is 13.8. The van der Waals surface area contributed by atoms with E-state index in [9.17, 15) is 14.4 Å². The summed E-state index contributed by atoms with van der Waals surface area (Å²) < 4.78 is 1.93. The van der Waals surface area contributed by atoms with Gasteiger partial charge in [0, 0.05) is 17.7 Å². The van der Waals surface area contributed by atoms with Gasteiger partial charge in [-0.3, -0.25) is 19.1 Å². The number of Topliss-reactive ketones (excluding diaryl/α,β-unsaturated/α-hetero) is 2. The Morgan fingerprint density at radius 1 is 1.08 bits per heavy atom. The molecule has 2 saturated carbocycles. The first-order valence-electron chi connectivity index (χ1n) is 12.8. The van der Waals surface area contributed by atoms with Crippen LogP contribution in [-0.4, -0.2) is 45.2 Å². The van der Waals surface area contributed by atoms with Gasteiger partial charge in [0.25, 0.3) is 5.91 Å². The molecule has 0 unspecified atom stereocenters. The Morgan fingerprint density at radius 2 is 1.69 bits per heavy atom. The smallest absolute Gasteiger partial charge is 0.257 e. The zero-order valence-electron chi connectivity index (χ0n) is 21.6. The molecule has 0 atom stereocenters. The SMILES string of the molecule is Cc1c(C(=O)N(CC(=O)c2c(Cl)cccc2Cl)CC2(C)CCC2)cnn1[C@H]1CC[C@](C)(C(C)=O)CC1. The maximum absolute atomic E-state index is 13.8. The summed E-state index contributed by atoms with van der Waals surface area (Å²) in [4.78, 5) is 40.8. The Labute approximate surface area is 223 Å². The molecule has 4 rings (SSSR count). The van der Waals surface area contributed by atoms with Crippen LogP contribution < -0.4 is 0 Å². The van der Waals surface area contributed by atoms with Crippen molar-refractivity contribution in [3.05, 3.63) is 51.3 Å². The Kier molecular flexibility index (Phi) is 7.68. The van der Waals surface area contributed by atoms with Gasteiger partial charge in [0.1, 0.15) is 5.78 Å². The predicted molar refractivity (Wildman–Crippen MR) is 142 cm³/mol. The molecule has 2 fully saturated rings. The van der Waals surface area contributed by atoms with Gasteiger partial charge >= 0.3 is 0 Å². The standard InChI is InChI=1S/C28H35Cl2N3O3/c1-18-21(15-31-33(18)20-9-13-28(4,14-10-20)19(2)34)26(36)32(17-27(3)11-6-12-27)16-24(35)25-22(29)7-5-8-23(25)30/h5,7-8,15,20H,6,9-14,16-17H2,1-4H3/t20-,28-. The average Bonchev–Trinajstić information content (AvgIpc) is 3.18. The van der Waals surface area contributed by atoms with Crippen LogP contribution >= 0.6 is 23.2 Å². The summed E-state index contributed by atoms with van der Waals surface area (Å²) in [5.74, 6) is -0.243. The maximum Gasteiger partial charge on any atom is 0.257 e. The molecular formula is C28H35Cl2N3O3. The summed E-state index contributed by atoms with van der Waals surface area (Å²) in [5, 5.41) is 5.16. The Balaban J connectivity index is 1.56. The van der Waals surface area contributed by atoms with Gasteiger partial charge in [-0.2, -0.15) is 5.10 Å². The highest BCUT2D eigenvalue weighted by Gasteiger charge is 2.38. The highest BCUT2D eigenvalue weighted by Crippen LogP contribution is 2.43.